The second-order valence-electron chi connectivity index (χ2n) is 5.64. The number of carbonyl (C=O) groups is 1. The lowest BCUT2D eigenvalue weighted by Crippen LogP contribution is -2.46. The molecule has 1 aliphatic rings. The number of benzene rings is 1. The molecule has 1 fully saturated rings. The van der Waals surface area contributed by atoms with E-state index < -0.39 is 10.0 Å². The molecule has 0 radical (unpaired) electrons. The Bertz CT molecular complexity index is 648. The van der Waals surface area contributed by atoms with Gasteiger partial charge in [-0.2, -0.15) is 4.31 Å². The molecule has 1 amide bonds. The number of amides is 1. The van der Waals surface area contributed by atoms with E-state index in [1.54, 1.807) is 31.3 Å². The summed E-state index contributed by atoms with van der Waals surface area (Å²) < 4.78 is 27.6. The molecule has 1 heterocycles. The van der Waals surface area contributed by atoms with E-state index in [1.165, 1.54) is 9.21 Å². The Morgan fingerprint density at radius 3 is 2.65 bits per heavy atom. The van der Waals surface area contributed by atoms with Crippen molar-refractivity contribution in [1.82, 2.24) is 9.21 Å². The van der Waals surface area contributed by atoms with E-state index in [0.29, 0.717) is 19.4 Å². The number of hydrogen-bond acceptors (Lipinski definition) is 4. The van der Waals surface area contributed by atoms with Crippen molar-refractivity contribution < 1.29 is 18.3 Å². The van der Waals surface area contributed by atoms with Crippen LogP contribution in [-0.2, 0) is 14.8 Å². The van der Waals surface area contributed by atoms with Gasteiger partial charge in [-0.05, 0) is 37.1 Å². The quantitative estimate of drug-likeness (QED) is 0.801. The molecule has 23 heavy (non-hydrogen) atoms. The fourth-order valence-electron chi connectivity index (χ4n) is 2.69. The molecule has 1 aromatic rings. The molecule has 128 valence electrons. The molecule has 0 aromatic heterocycles. The summed E-state index contributed by atoms with van der Waals surface area (Å²) in [7, 11) is -1.97. The minimum absolute atomic E-state index is 0.101. The summed E-state index contributed by atoms with van der Waals surface area (Å²) in [5.74, 6) is -0.472. The highest BCUT2D eigenvalue weighted by atomic mass is 79.9. The van der Waals surface area contributed by atoms with E-state index in [2.05, 4.69) is 15.9 Å². The Hall–Kier alpha value is -0.960. The zero-order chi connectivity index (χ0) is 17.0. The van der Waals surface area contributed by atoms with E-state index in [9.17, 15) is 13.2 Å². The average Bonchev–Trinajstić information content (AvgIpc) is 2.55. The first-order valence-corrected chi connectivity index (χ1v) is 9.71. The van der Waals surface area contributed by atoms with Crippen LogP contribution < -0.4 is 0 Å². The largest absolute Gasteiger partial charge is 0.395 e. The molecule has 0 saturated carbocycles. The number of sulfonamides is 1. The molecule has 1 N–H and O–H groups in total. The van der Waals surface area contributed by atoms with Crippen LogP contribution in [0.15, 0.2) is 33.6 Å². The van der Waals surface area contributed by atoms with Crippen molar-refractivity contribution in [3.63, 3.8) is 0 Å². The van der Waals surface area contributed by atoms with Gasteiger partial charge >= 0.3 is 0 Å². The topological polar surface area (TPSA) is 77.9 Å². The van der Waals surface area contributed by atoms with Gasteiger partial charge in [0.05, 0.1) is 17.4 Å². The summed E-state index contributed by atoms with van der Waals surface area (Å²) >= 11 is 3.29. The Morgan fingerprint density at radius 1 is 1.39 bits per heavy atom. The lowest BCUT2D eigenvalue weighted by Gasteiger charge is -2.33. The normalized spacial score (nSPS) is 19.5. The number of hydrogen-bond donors (Lipinski definition) is 1. The lowest BCUT2D eigenvalue weighted by molar-refractivity contribution is -0.135. The molecule has 1 aliphatic heterocycles. The van der Waals surface area contributed by atoms with Crippen LogP contribution >= 0.6 is 15.9 Å². The molecule has 8 heteroatoms. The first-order chi connectivity index (χ1) is 10.9. The molecule has 0 spiro atoms. The summed E-state index contributed by atoms with van der Waals surface area (Å²) in [6, 6.07) is 6.49. The van der Waals surface area contributed by atoms with E-state index in [4.69, 9.17) is 5.11 Å². The molecule has 0 bridgehead atoms. The van der Waals surface area contributed by atoms with Crippen molar-refractivity contribution in [1.29, 1.82) is 0 Å². The molecule has 2 rings (SSSR count). The SMILES string of the molecule is CN(CCO)C(=O)C1CCCN(S(=O)(=O)c2ccc(Br)cc2)C1. The van der Waals surface area contributed by atoms with Crippen LogP contribution in [0.5, 0.6) is 0 Å². The predicted octanol–water partition coefficient (Wildman–Crippen LogP) is 1.30. The van der Waals surface area contributed by atoms with Crippen LogP contribution in [0, 0.1) is 5.92 Å². The van der Waals surface area contributed by atoms with Crippen molar-refractivity contribution in [2.45, 2.75) is 17.7 Å². The van der Waals surface area contributed by atoms with E-state index in [-0.39, 0.29) is 36.4 Å². The van der Waals surface area contributed by atoms with Crippen molar-refractivity contribution in [2.24, 2.45) is 5.92 Å². The van der Waals surface area contributed by atoms with Gasteiger partial charge in [-0.15, -0.1) is 0 Å². The van der Waals surface area contributed by atoms with E-state index in [1.807, 2.05) is 0 Å². The van der Waals surface area contributed by atoms with Crippen molar-refractivity contribution in [3.8, 4) is 0 Å². The highest BCUT2D eigenvalue weighted by Gasteiger charge is 2.34. The smallest absolute Gasteiger partial charge is 0.243 e. The second-order valence-corrected chi connectivity index (χ2v) is 8.49. The molecule has 1 saturated heterocycles. The minimum atomic E-state index is -3.59. The zero-order valence-corrected chi connectivity index (χ0v) is 15.4. The highest BCUT2D eigenvalue weighted by molar-refractivity contribution is 9.10. The van der Waals surface area contributed by atoms with Gasteiger partial charge in [-0.3, -0.25) is 4.79 Å². The van der Waals surface area contributed by atoms with E-state index in [0.717, 1.165) is 4.47 Å². The van der Waals surface area contributed by atoms with Gasteiger partial charge in [0.25, 0.3) is 0 Å². The number of halogens is 1. The fraction of sp³-hybridized carbons (Fsp3) is 0.533. The van der Waals surface area contributed by atoms with Crippen LogP contribution in [0.4, 0.5) is 0 Å². The van der Waals surface area contributed by atoms with Crippen LogP contribution in [0.1, 0.15) is 12.8 Å². The third-order valence-electron chi connectivity index (χ3n) is 4.00. The van der Waals surface area contributed by atoms with Crippen molar-refractivity contribution >= 4 is 31.9 Å². The van der Waals surface area contributed by atoms with Gasteiger partial charge in [0, 0.05) is 31.2 Å². The third kappa shape index (κ3) is 4.32. The van der Waals surface area contributed by atoms with Gasteiger partial charge < -0.3 is 10.0 Å². The van der Waals surface area contributed by atoms with Gasteiger partial charge in [-0.25, -0.2) is 8.42 Å². The number of nitrogens with zero attached hydrogens (tertiary/aromatic N) is 2. The Balaban J connectivity index is 2.14. The zero-order valence-electron chi connectivity index (χ0n) is 13.0. The molecule has 1 unspecified atom stereocenters. The average molecular weight is 405 g/mol. The number of aliphatic hydroxyl groups is 1. The van der Waals surface area contributed by atoms with Gasteiger partial charge in [0.2, 0.25) is 15.9 Å². The van der Waals surface area contributed by atoms with Crippen LogP contribution in [0.25, 0.3) is 0 Å². The summed E-state index contributed by atoms with van der Waals surface area (Å²) in [5.41, 5.74) is 0. The van der Waals surface area contributed by atoms with Crippen LogP contribution in [-0.4, -0.2) is 61.9 Å². The molecule has 1 atom stereocenters. The number of rotatable bonds is 5. The Labute approximate surface area is 145 Å². The number of likely N-dealkylation sites (N-methyl/N-ethyl adjacent to an activating group) is 1. The first-order valence-electron chi connectivity index (χ1n) is 7.48. The maximum atomic E-state index is 12.7. The monoisotopic (exact) mass is 404 g/mol. The summed E-state index contributed by atoms with van der Waals surface area (Å²) in [6.07, 6.45) is 1.32. The number of aliphatic hydroxyl groups excluding tert-OH is 1. The summed E-state index contributed by atoms with van der Waals surface area (Å²) in [6.45, 7) is 0.767. The maximum Gasteiger partial charge on any atom is 0.243 e. The fourth-order valence-corrected chi connectivity index (χ4v) is 4.48. The Kier molecular flexibility index (Phi) is 6.19. The van der Waals surface area contributed by atoms with Crippen molar-refractivity contribution in [3.05, 3.63) is 28.7 Å². The molecule has 6 nitrogen and oxygen atoms in total. The molecule has 1 aromatic carbocycles. The highest BCUT2D eigenvalue weighted by Crippen LogP contribution is 2.25. The predicted molar refractivity (Wildman–Crippen MR) is 90.3 cm³/mol. The van der Waals surface area contributed by atoms with Gasteiger partial charge in [0.15, 0.2) is 0 Å². The van der Waals surface area contributed by atoms with E-state index >= 15 is 0 Å². The van der Waals surface area contributed by atoms with Crippen LogP contribution in [0.3, 0.4) is 0 Å². The Morgan fingerprint density at radius 2 is 2.04 bits per heavy atom. The first kappa shape index (κ1) is 18.4. The van der Waals surface area contributed by atoms with Gasteiger partial charge in [-0.1, -0.05) is 15.9 Å². The summed E-state index contributed by atoms with van der Waals surface area (Å²) in [4.78, 5) is 14.0. The number of carbonyl (C=O) groups excluding carboxylic acids is 1. The molecule has 0 aliphatic carbocycles. The second kappa shape index (κ2) is 7.74. The molecular weight excluding hydrogens is 384 g/mol. The van der Waals surface area contributed by atoms with Crippen molar-refractivity contribution in [2.75, 3.05) is 33.3 Å². The lowest BCUT2D eigenvalue weighted by atomic mass is 9.98. The summed E-state index contributed by atoms with van der Waals surface area (Å²) in [5, 5.41) is 8.93. The van der Waals surface area contributed by atoms with Crippen LogP contribution in [0.2, 0.25) is 0 Å². The third-order valence-corrected chi connectivity index (χ3v) is 6.40. The maximum absolute atomic E-state index is 12.7. The van der Waals surface area contributed by atoms with Gasteiger partial charge in [0.1, 0.15) is 0 Å². The molecular formula is C15H21BrN2O4S. The number of piperidine rings is 1. The standard InChI is InChI=1S/C15H21BrN2O4S/c1-17(9-10-19)15(20)12-3-2-8-18(11-12)23(21,22)14-6-4-13(16)5-7-14/h4-7,12,19H,2-3,8-11H2,1H3. The minimum Gasteiger partial charge on any atom is -0.395 e.